The number of nitroso groups, excluding NO2 is 1. The first kappa shape index (κ1) is 11.1. The molecule has 2 aromatic heterocycles. The van der Waals surface area contributed by atoms with Crippen molar-refractivity contribution >= 4 is 24.0 Å². The van der Waals surface area contributed by atoms with Crippen LogP contribution in [0.4, 0.5) is 0 Å². The van der Waals surface area contributed by atoms with E-state index in [4.69, 9.17) is 12.2 Å². The van der Waals surface area contributed by atoms with E-state index in [2.05, 4.69) is 10.3 Å². The molecule has 2 aromatic rings. The number of imidazole rings is 2. The molecule has 0 amide bonds. The maximum absolute atomic E-state index is 10.5. The van der Waals surface area contributed by atoms with Crippen LogP contribution in [0.5, 0.6) is 0 Å². The van der Waals surface area contributed by atoms with Gasteiger partial charge in [-0.1, -0.05) is 0 Å². The molecule has 0 bridgehead atoms. The van der Waals surface area contributed by atoms with Crippen LogP contribution in [-0.2, 0) is 14.1 Å². The van der Waals surface area contributed by atoms with Crippen LogP contribution in [0.25, 0.3) is 0 Å². The summed E-state index contributed by atoms with van der Waals surface area (Å²) >= 11 is 6.46. The topological polar surface area (TPSA) is 57.1 Å². The Morgan fingerprint density at radius 3 is 2.75 bits per heavy atom. The molecule has 0 aliphatic heterocycles. The molecule has 84 valence electrons. The number of hydrogen-bond donors (Lipinski definition) is 0. The van der Waals surface area contributed by atoms with Gasteiger partial charge in [-0.05, 0) is 24.0 Å². The Hall–Kier alpha value is -1.41. The average molecular weight is 255 g/mol. The van der Waals surface area contributed by atoms with Crippen LogP contribution in [0.3, 0.4) is 0 Å². The van der Waals surface area contributed by atoms with Gasteiger partial charge in [0.1, 0.15) is 5.03 Å². The first-order valence-electron chi connectivity index (χ1n) is 4.40. The zero-order valence-corrected chi connectivity index (χ0v) is 10.3. The van der Waals surface area contributed by atoms with Crippen LogP contribution in [0, 0.1) is 9.68 Å². The van der Waals surface area contributed by atoms with Crippen molar-refractivity contribution in [3.8, 4) is 0 Å². The third-order valence-electron chi connectivity index (χ3n) is 2.11. The zero-order valence-electron chi connectivity index (χ0n) is 8.69. The van der Waals surface area contributed by atoms with Crippen LogP contribution in [0.1, 0.15) is 0 Å². The molecule has 0 aromatic carbocycles. The van der Waals surface area contributed by atoms with Crippen LogP contribution >= 0.6 is 24.0 Å². The Morgan fingerprint density at radius 2 is 2.25 bits per heavy atom. The Morgan fingerprint density at radius 1 is 1.50 bits per heavy atom. The summed E-state index contributed by atoms with van der Waals surface area (Å²) in [6.45, 7) is 0. The van der Waals surface area contributed by atoms with Crippen molar-refractivity contribution in [2.75, 3.05) is 0 Å². The van der Waals surface area contributed by atoms with Crippen LogP contribution in [0.2, 0.25) is 0 Å². The van der Waals surface area contributed by atoms with Gasteiger partial charge in [0, 0.05) is 26.5 Å². The van der Waals surface area contributed by atoms with Crippen molar-refractivity contribution in [3.63, 3.8) is 0 Å². The number of rotatable bonds is 3. The third-order valence-corrected chi connectivity index (χ3v) is 3.73. The molecule has 6 nitrogen and oxygen atoms in total. The highest BCUT2D eigenvalue weighted by Crippen LogP contribution is 2.25. The number of hydrogen-bond acceptors (Lipinski definition) is 5. The molecule has 2 rings (SSSR count). The number of aromatic nitrogens is 4. The van der Waals surface area contributed by atoms with E-state index in [0.717, 1.165) is 14.9 Å². The van der Waals surface area contributed by atoms with E-state index in [0.29, 0.717) is 4.77 Å². The highest BCUT2D eigenvalue weighted by Gasteiger charge is 2.09. The van der Waals surface area contributed by atoms with E-state index in [1.165, 1.54) is 11.8 Å². The molecule has 0 radical (unpaired) electrons. The molecule has 0 aliphatic rings. The molecule has 0 saturated heterocycles. The van der Waals surface area contributed by atoms with E-state index in [1.54, 1.807) is 24.0 Å². The molecule has 8 heteroatoms. The second-order valence-corrected chi connectivity index (χ2v) is 4.51. The van der Waals surface area contributed by atoms with Crippen molar-refractivity contribution in [3.05, 3.63) is 28.3 Å². The largest absolute Gasteiger partial charge is 0.329 e. The lowest BCUT2D eigenvalue weighted by Gasteiger charge is -2.00. The Balaban J connectivity index is 2.39. The fourth-order valence-corrected chi connectivity index (χ4v) is 2.32. The van der Waals surface area contributed by atoms with Crippen molar-refractivity contribution in [1.29, 1.82) is 0 Å². The maximum Gasteiger partial charge on any atom is 0.204 e. The summed E-state index contributed by atoms with van der Waals surface area (Å²) in [4.78, 5) is 14.6. The molecular formula is C8H9N5OS2. The molecule has 16 heavy (non-hydrogen) atoms. The van der Waals surface area contributed by atoms with Crippen molar-refractivity contribution < 1.29 is 0 Å². The minimum atomic E-state index is 0.367. The van der Waals surface area contributed by atoms with Gasteiger partial charge in [-0.15, -0.1) is 4.91 Å². The van der Waals surface area contributed by atoms with Crippen LogP contribution in [0.15, 0.2) is 34.1 Å². The lowest BCUT2D eigenvalue weighted by atomic mass is 10.9. The van der Waals surface area contributed by atoms with Gasteiger partial charge in [-0.2, -0.15) is 4.68 Å². The fourth-order valence-electron chi connectivity index (χ4n) is 1.19. The van der Waals surface area contributed by atoms with Gasteiger partial charge in [0.25, 0.3) is 0 Å². The van der Waals surface area contributed by atoms with E-state index < -0.39 is 0 Å². The van der Waals surface area contributed by atoms with Crippen molar-refractivity contribution in [2.45, 2.75) is 10.2 Å². The highest BCUT2D eigenvalue weighted by atomic mass is 32.2. The smallest absolute Gasteiger partial charge is 0.204 e. The molecular weight excluding hydrogens is 246 g/mol. The summed E-state index contributed by atoms with van der Waals surface area (Å²) in [5, 5.41) is 4.45. The molecule has 0 spiro atoms. The lowest BCUT2D eigenvalue weighted by molar-refractivity contribution is 0.758. The predicted octanol–water partition coefficient (Wildman–Crippen LogP) is 1.97. The van der Waals surface area contributed by atoms with E-state index >= 15 is 0 Å². The molecule has 0 fully saturated rings. The predicted molar refractivity (Wildman–Crippen MR) is 62.8 cm³/mol. The summed E-state index contributed by atoms with van der Waals surface area (Å²) in [5.41, 5.74) is 0. The van der Waals surface area contributed by atoms with Gasteiger partial charge in [-0.3, -0.25) is 0 Å². The molecule has 2 heterocycles. The molecule has 0 unspecified atom stereocenters. The normalized spacial score (nSPS) is 10.6. The van der Waals surface area contributed by atoms with Gasteiger partial charge < -0.3 is 9.13 Å². The average Bonchev–Trinajstić information content (AvgIpc) is 2.78. The lowest BCUT2D eigenvalue weighted by Crippen LogP contribution is -1.93. The molecule has 0 atom stereocenters. The summed E-state index contributed by atoms with van der Waals surface area (Å²) in [5.74, 6) is 0. The van der Waals surface area contributed by atoms with E-state index in [-0.39, 0.29) is 0 Å². The second kappa shape index (κ2) is 4.22. The third kappa shape index (κ3) is 1.81. The molecule has 0 N–H and O–H groups in total. The quantitative estimate of drug-likeness (QED) is 0.621. The van der Waals surface area contributed by atoms with Crippen molar-refractivity contribution in [2.24, 2.45) is 19.4 Å². The Kier molecular flexibility index (Phi) is 2.92. The van der Waals surface area contributed by atoms with Crippen LogP contribution in [-0.4, -0.2) is 18.8 Å². The van der Waals surface area contributed by atoms with Gasteiger partial charge >= 0.3 is 0 Å². The first-order chi connectivity index (χ1) is 7.63. The summed E-state index contributed by atoms with van der Waals surface area (Å²) < 4.78 is 5.10. The van der Waals surface area contributed by atoms with Gasteiger partial charge in [-0.25, -0.2) is 4.98 Å². The van der Waals surface area contributed by atoms with Gasteiger partial charge in [0.15, 0.2) is 5.16 Å². The van der Waals surface area contributed by atoms with Gasteiger partial charge in [0.2, 0.25) is 4.77 Å². The maximum atomic E-state index is 10.5. The summed E-state index contributed by atoms with van der Waals surface area (Å²) in [7, 11) is 3.69. The highest BCUT2D eigenvalue weighted by molar-refractivity contribution is 7.99. The molecule has 0 aliphatic carbocycles. The Labute approximate surface area is 101 Å². The van der Waals surface area contributed by atoms with Crippen molar-refractivity contribution in [1.82, 2.24) is 18.8 Å². The monoisotopic (exact) mass is 255 g/mol. The SMILES string of the molecule is Cn1ccnc1Sc1cn(N=O)c(=S)n1C. The number of aryl methyl sites for hydroxylation is 1. The fraction of sp³-hybridized carbons (Fsp3) is 0.250. The summed E-state index contributed by atoms with van der Waals surface area (Å²) in [6.07, 6.45) is 5.16. The standard InChI is InChI=1S/C8H9N5OS2/c1-11-4-3-9-7(11)16-6-5-13(10-14)8(15)12(6)2/h3-5H,1-2H3. The zero-order chi connectivity index (χ0) is 11.7. The Bertz CT molecular complexity index is 582. The number of nitrogens with zero attached hydrogens (tertiary/aromatic N) is 5. The minimum Gasteiger partial charge on any atom is -0.329 e. The molecule has 0 saturated carbocycles. The van der Waals surface area contributed by atoms with Gasteiger partial charge in [0.05, 0.1) is 11.5 Å². The minimum absolute atomic E-state index is 0.367. The first-order valence-corrected chi connectivity index (χ1v) is 5.63. The van der Waals surface area contributed by atoms with E-state index in [1.807, 2.05) is 17.8 Å². The van der Waals surface area contributed by atoms with E-state index in [9.17, 15) is 4.91 Å². The second-order valence-electron chi connectivity index (χ2n) is 3.16. The van der Waals surface area contributed by atoms with Crippen LogP contribution < -0.4 is 0 Å². The summed E-state index contributed by atoms with van der Waals surface area (Å²) in [6, 6.07) is 0.